The number of hydrogen-bond acceptors (Lipinski definition) is 5. The summed E-state index contributed by atoms with van der Waals surface area (Å²) in [5.41, 5.74) is 1.52. The van der Waals surface area contributed by atoms with Gasteiger partial charge in [0, 0.05) is 25.6 Å². The van der Waals surface area contributed by atoms with Gasteiger partial charge in [-0.25, -0.2) is 4.68 Å². The van der Waals surface area contributed by atoms with Crippen LogP contribution >= 0.6 is 0 Å². The molecular formula is C17H18N4O3. The first-order chi connectivity index (χ1) is 11.7. The van der Waals surface area contributed by atoms with Gasteiger partial charge in [-0.3, -0.25) is 4.79 Å². The van der Waals surface area contributed by atoms with Gasteiger partial charge in [-0.2, -0.15) is 0 Å². The molecule has 2 aromatic heterocycles. The summed E-state index contributed by atoms with van der Waals surface area (Å²) in [5, 5.41) is 9.16. The molecule has 1 aromatic carbocycles. The number of furan rings is 1. The second-order valence-electron chi connectivity index (χ2n) is 5.97. The lowest BCUT2D eigenvalue weighted by Gasteiger charge is -2.14. The third-order valence-corrected chi connectivity index (χ3v) is 4.31. The van der Waals surface area contributed by atoms with Crippen molar-refractivity contribution in [3.05, 3.63) is 48.0 Å². The van der Waals surface area contributed by atoms with Gasteiger partial charge in [0.1, 0.15) is 11.3 Å². The van der Waals surface area contributed by atoms with Crippen LogP contribution < -0.4 is 0 Å². The number of rotatable bonds is 4. The van der Waals surface area contributed by atoms with Crippen molar-refractivity contribution in [1.29, 1.82) is 0 Å². The molecule has 0 unspecified atom stereocenters. The molecule has 1 saturated heterocycles. The van der Waals surface area contributed by atoms with Crippen LogP contribution in [0.15, 0.2) is 40.9 Å². The van der Waals surface area contributed by atoms with Gasteiger partial charge >= 0.3 is 0 Å². The number of benzene rings is 1. The molecule has 7 nitrogen and oxygen atoms in total. The van der Waals surface area contributed by atoms with Gasteiger partial charge in [-0.05, 0) is 18.6 Å². The minimum atomic E-state index is -0.0778. The molecule has 3 aromatic rings. The monoisotopic (exact) mass is 326 g/mol. The molecule has 0 radical (unpaired) electrons. The first-order valence-electron chi connectivity index (χ1n) is 7.92. The first kappa shape index (κ1) is 14.9. The van der Waals surface area contributed by atoms with Crippen molar-refractivity contribution >= 4 is 16.9 Å². The highest BCUT2D eigenvalue weighted by Crippen LogP contribution is 2.25. The van der Waals surface area contributed by atoms with E-state index in [9.17, 15) is 4.79 Å². The Balaban J connectivity index is 1.48. The third-order valence-electron chi connectivity index (χ3n) is 4.31. The summed E-state index contributed by atoms with van der Waals surface area (Å²) < 4.78 is 12.6. The molecule has 7 heteroatoms. The van der Waals surface area contributed by atoms with Crippen molar-refractivity contribution in [1.82, 2.24) is 19.9 Å². The zero-order valence-electron chi connectivity index (χ0n) is 13.4. The third kappa shape index (κ3) is 2.67. The lowest BCUT2D eigenvalue weighted by atomic mass is 10.2. The number of hydrogen-bond donors (Lipinski definition) is 0. The van der Waals surface area contributed by atoms with Gasteiger partial charge in [0.15, 0.2) is 5.76 Å². The van der Waals surface area contributed by atoms with Crippen LogP contribution in [0, 0.1) is 0 Å². The lowest BCUT2D eigenvalue weighted by molar-refractivity contribution is 0.0757. The van der Waals surface area contributed by atoms with E-state index in [1.165, 1.54) is 0 Å². The fourth-order valence-corrected chi connectivity index (χ4v) is 3.09. The fourth-order valence-electron chi connectivity index (χ4n) is 3.09. The Kier molecular flexibility index (Phi) is 3.78. The Morgan fingerprint density at radius 1 is 1.42 bits per heavy atom. The van der Waals surface area contributed by atoms with Crippen molar-refractivity contribution in [3.63, 3.8) is 0 Å². The molecule has 0 bridgehead atoms. The van der Waals surface area contributed by atoms with Crippen LogP contribution in [0.5, 0.6) is 0 Å². The quantitative estimate of drug-likeness (QED) is 0.735. The molecule has 1 aliphatic heterocycles. The van der Waals surface area contributed by atoms with Gasteiger partial charge in [0.2, 0.25) is 0 Å². The van der Waals surface area contributed by atoms with Crippen LogP contribution in [0.1, 0.15) is 28.7 Å². The van der Waals surface area contributed by atoms with Crippen molar-refractivity contribution in [2.45, 2.75) is 19.1 Å². The number of aromatic nitrogens is 3. The molecule has 1 amide bonds. The maximum absolute atomic E-state index is 12.7. The first-order valence-corrected chi connectivity index (χ1v) is 7.92. The SMILES string of the molecule is COCc1cn([C@@H]2CCN(C(=O)c3cc4ccccc4o3)C2)nn1. The summed E-state index contributed by atoms with van der Waals surface area (Å²) in [5.74, 6) is 0.307. The number of fused-ring (bicyclic) bond motifs is 1. The zero-order valence-corrected chi connectivity index (χ0v) is 13.4. The minimum absolute atomic E-state index is 0.0778. The Morgan fingerprint density at radius 2 is 2.29 bits per heavy atom. The molecule has 1 atom stereocenters. The van der Waals surface area contributed by atoms with Gasteiger partial charge in [-0.15, -0.1) is 5.10 Å². The molecule has 0 saturated carbocycles. The van der Waals surface area contributed by atoms with Crippen molar-refractivity contribution in [2.75, 3.05) is 20.2 Å². The second kappa shape index (κ2) is 6.09. The van der Waals surface area contributed by atoms with Gasteiger partial charge in [-0.1, -0.05) is 23.4 Å². The summed E-state index contributed by atoms with van der Waals surface area (Å²) in [6, 6.07) is 9.57. The van der Waals surface area contributed by atoms with Crippen LogP contribution in [0.25, 0.3) is 11.0 Å². The predicted octanol–water partition coefficient (Wildman–Crippen LogP) is 2.26. The van der Waals surface area contributed by atoms with Gasteiger partial charge < -0.3 is 14.1 Å². The fraction of sp³-hybridized carbons (Fsp3) is 0.353. The number of amides is 1. The van der Waals surface area contributed by atoms with E-state index in [1.807, 2.05) is 35.1 Å². The zero-order chi connectivity index (χ0) is 16.5. The summed E-state index contributed by atoms with van der Waals surface area (Å²) in [4.78, 5) is 14.5. The van der Waals surface area contributed by atoms with E-state index < -0.39 is 0 Å². The van der Waals surface area contributed by atoms with Crippen LogP contribution in [0.4, 0.5) is 0 Å². The topological polar surface area (TPSA) is 73.4 Å². The van der Waals surface area contributed by atoms with E-state index in [0.717, 1.165) is 23.1 Å². The number of ether oxygens (including phenoxy) is 1. The number of nitrogens with zero attached hydrogens (tertiary/aromatic N) is 4. The van der Waals surface area contributed by atoms with Gasteiger partial charge in [0.05, 0.1) is 18.8 Å². The van der Waals surface area contributed by atoms with Crippen LogP contribution in [-0.4, -0.2) is 46.0 Å². The molecule has 0 aliphatic carbocycles. The van der Waals surface area contributed by atoms with Crippen LogP contribution in [0.3, 0.4) is 0 Å². The maximum atomic E-state index is 12.7. The average Bonchev–Trinajstić information content (AvgIpc) is 3.32. The number of likely N-dealkylation sites (tertiary alicyclic amines) is 1. The molecular weight excluding hydrogens is 308 g/mol. The number of carbonyl (C=O) groups is 1. The molecule has 24 heavy (non-hydrogen) atoms. The van der Waals surface area contributed by atoms with Crippen molar-refractivity contribution in [3.8, 4) is 0 Å². The van der Waals surface area contributed by atoms with E-state index in [4.69, 9.17) is 9.15 Å². The largest absolute Gasteiger partial charge is 0.451 e. The summed E-state index contributed by atoms with van der Waals surface area (Å²) >= 11 is 0. The molecule has 1 aliphatic rings. The van der Waals surface area contributed by atoms with Gasteiger partial charge in [0.25, 0.3) is 5.91 Å². The van der Waals surface area contributed by atoms with E-state index in [2.05, 4.69) is 10.3 Å². The minimum Gasteiger partial charge on any atom is -0.451 e. The van der Waals surface area contributed by atoms with Crippen LogP contribution in [-0.2, 0) is 11.3 Å². The van der Waals surface area contributed by atoms with E-state index in [1.54, 1.807) is 18.1 Å². The van der Waals surface area contributed by atoms with E-state index >= 15 is 0 Å². The van der Waals surface area contributed by atoms with Crippen LogP contribution in [0.2, 0.25) is 0 Å². The maximum Gasteiger partial charge on any atom is 0.289 e. The number of methoxy groups -OCH3 is 1. The standard InChI is InChI=1S/C17H18N4O3/c1-23-11-13-9-21(19-18-13)14-6-7-20(10-14)17(22)16-8-12-4-2-3-5-15(12)24-16/h2-5,8-9,14H,6-7,10-11H2,1H3/t14-/m1/s1. The summed E-state index contributed by atoms with van der Waals surface area (Å²) in [6.45, 7) is 1.72. The molecule has 4 rings (SSSR count). The van der Waals surface area contributed by atoms with Crippen molar-refractivity contribution < 1.29 is 13.9 Å². The smallest absolute Gasteiger partial charge is 0.289 e. The Bertz CT molecular complexity index is 836. The summed E-state index contributed by atoms with van der Waals surface area (Å²) in [6.07, 6.45) is 2.73. The number of para-hydroxylation sites is 1. The highest BCUT2D eigenvalue weighted by Gasteiger charge is 2.30. The Morgan fingerprint density at radius 3 is 3.12 bits per heavy atom. The second-order valence-corrected chi connectivity index (χ2v) is 5.97. The highest BCUT2D eigenvalue weighted by atomic mass is 16.5. The predicted molar refractivity (Wildman–Crippen MR) is 86.5 cm³/mol. The normalized spacial score (nSPS) is 17.7. The van der Waals surface area contributed by atoms with E-state index in [0.29, 0.717) is 25.5 Å². The molecule has 3 heterocycles. The molecule has 1 fully saturated rings. The number of carbonyl (C=O) groups excluding carboxylic acids is 1. The molecule has 0 N–H and O–H groups in total. The molecule has 0 spiro atoms. The Hall–Kier alpha value is -2.67. The highest BCUT2D eigenvalue weighted by molar-refractivity contribution is 5.96. The average molecular weight is 326 g/mol. The van der Waals surface area contributed by atoms with Crippen molar-refractivity contribution in [2.24, 2.45) is 0 Å². The Labute approximate surface area is 138 Å². The van der Waals surface area contributed by atoms with E-state index in [-0.39, 0.29) is 11.9 Å². The molecule has 124 valence electrons. The lowest BCUT2D eigenvalue weighted by Crippen LogP contribution is -2.28. The summed E-state index contributed by atoms with van der Waals surface area (Å²) in [7, 11) is 1.63.